The predicted octanol–water partition coefficient (Wildman–Crippen LogP) is 1.94. The summed E-state index contributed by atoms with van der Waals surface area (Å²) in [6.45, 7) is 1.16. The molecule has 1 amide bonds. The van der Waals surface area contributed by atoms with Crippen LogP contribution in [0.4, 0.5) is 11.4 Å². The van der Waals surface area contributed by atoms with Crippen LogP contribution >= 0.6 is 0 Å². The van der Waals surface area contributed by atoms with Crippen LogP contribution in [-0.4, -0.2) is 37.1 Å². The second kappa shape index (κ2) is 7.03. The summed E-state index contributed by atoms with van der Waals surface area (Å²) in [5.74, 6) is -0.324. The summed E-state index contributed by atoms with van der Waals surface area (Å²) < 4.78 is 5.53. The number of carbonyl (C=O) groups is 1. The lowest BCUT2D eigenvalue weighted by molar-refractivity contribution is -0.384. The average Bonchev–Trinajstić information content (AvgIpc) is 2.52. The van der Waals surface area contributed by atoms with Crippen molar-refractivity contribution in [3.63, 3.8) is 0 Å². The minimum absolute atomic E-state index is 0.0364. The van der Waals surface area contributed by atoms with Crippen LogP contribution in [0.15, 0.2) is 18.2 Å². The molecule has 1 aliphatic heterocycles. The van der Waals surface area contributed by atoms with E-state index in [0.29, 0.717) is 12.2 Å². The first-order valence-electron chi connectivity index (χ1n) is 6.98. The van der Waals surface area contributed by atoms with Crippen molar-refractivity contribution in [2.24, 2.45) is 0 Å². The van der Waals surface area contributed by atoms with Crippen molar-refractivity contribution in [3.8, 4) is 0 Å². The number of rotatable bonds is 5. The SMILES string of the molecule is CNc1ccc(C(=O)NCC2CCCCO2)cc1[N+](=O)[O-]. The van der Waals surface area contributed by atoms with Crippen LogP contribution in [0.5, 0.6) is 0 Å². The third-order valence-electron chi connectivity index (χ3n) is 3.49. The Morgan fingerprint density at radius 2 is 2.29 bits per heavy atom. The van der Waals surface area contributed by atoms with E-state index in [2.05, 4.69) is 10.6 Å². The maximum atomic E-state index is 12.1. The molecule has 7 nitrogen and oxygen atoms in total. The summed E-state index contributed by atoms with van der Waals surface area (Å²) in [5.41, 5.74) is 0.544. The van der Waals surface area contributed by atoms with Gasteiger partial charge in [-0.15, -0.1) is 0 Å². The first kappa shape index (κ1) is 15.2. The lowest BCUT2D eigenvalue weighted by atomic mass is 10.1. The second-order valence-corrected chi connectivity index (χ2v) is 4.94. The predicted molar refractivity (Wildman–Crippen MR) is 78.6 cm³/mol. The molecule has 1 aliphatic rings. The number of nitrogens with zero attached hydrogens (tertiary/aromatic N) is 1. The standard InChI is InChI=1S/C14H19N3O4/c1-15-12-6-5-10(8-13(12)17(19)20)14(18)16-9-11-4-2-3-7-21-11/h5-6,8,11,15H,2-4,7,9H2,1H3,(H,16,18). The van der Waals surface area contributed by atoms with E-state index in [9.17, 15) is 14.9 Å². The average molecular weight is 293 g/mol. The van der Waals surface area contributed by atoms with E-state index in [1.54, 1.807) is 13.1 Å². The summed E-state index contributed by atoms with van der Waals surface area (Å²) in [7, 11) is 1.60. The molecule has 1 fully saturated rings. The van der Waals surface area contributed by atoms with Crippen molar-refractivity contribution in [2.45, 2.75) is 25.4 Å². The zero-order valence-electron chi connectivity index (χ0n) is 11.9. The van der Waals surface area contributed by atoms with Gasteiger partial charge in [0, 0.05) is 31.8 Å². The lowest BCUT2D eigenvalue weighted by Gasteiger charge is -2.22. The summed E-state index contributed by atoms with van der Waals surface area (Å²) in [6.07, 6.45) is 3.12. The van der Waals surface area contributed by atoms with Gasteiger partial charge in [-0.25, -0.2) is 0 Å². The fourth-order valence-electron chi connectivity index (χ4n) is 2.31. The Labute approximate surface area is 122 Å². The normalized spacial score (nSPS) is 18.0. The Morgan fingerprint density at radius 3 is 2.90 bits per heavy atom. The van der Waals surface area contributed by atoms with Crippen LogP contribution in [0.25, 0.3) is 0 Å². The topological polar surface area (TPSA) is 93.5 Å². The molecule has 21 heavy (non-hydrogen) atoms. The number of nitrogens with one attached hydrogen (secondary N) is 2. The molecule has 114 valence electrons. The molecule has 1 unspecified atom stereocenters. The van der Waals surface area contributed by atoms with Gasteiger partial charge < -0.3 is 15.4 Å². The highest BCUT2D eigenvalue weighted by atomic mass is 16.6. The first-order chi connectivity index (χ1) is 10.1. The van der Waals surface area contributed by atoms with Crippen molar-refractivity contribution in [3.05, 3.63) is 33.9 Å². The van der Waals surface area contributed by atoms with Crippen molar-refractivity contribution in [1.82, 2.24) is 5.32 Å². The molecule has 1 heterocycles. The van der Waals surface area contributed by atoms with Gasteiger partial charge in [-0.2, -0.15) is 0 Å². The van der Waals surface area contributed by atoms with Crippen LogP contribution in [-0.2, 0) is 4.74 Å². The molecule has 0 aliphatic carbocycles. The number of nitro benzene ring substituents is 1. The molecule has 7 heteroatoms. The molecule has 0 spiro atoms. The van der Waals surface area contributed by atoms with Crippen molar-refractivity contribution in [1.29, 1.82) is 0 Å². The molecular weight excluding hydrogens is 274 g/mol. The van der Waals surface area contributed by atoms with E-state index in [1.807, 2.05) is 0 Å². The Morgan fingerprint density at radius 1 is 1.48 bits per heavy atom. The van der Waals surface area contributed by atoms with E-state index < -0.39 is 4.92 Å². The molecule has 2 N–H and O–H groups in total. The number of hydrogen-bond acceptors (Lipinski definition) is 5. The van der Waals surface area contributed by atoms with E-state index in [0.717, 1.165) is 25.9 Å². The van der Waals surface area contributed by atoms with Crippen LogP contribution in [0, 0.1) is 10.1 Å². The number of nitro groups is 1. The van der Waals surface area contributed by atoms with Gasteiger partial charge in [-0.3, -0.25) is 14.9 Å². The van der Waals surface area contributed by atoms with Crippen LogP contribution in [0.2, 0.25) is 0 Å². The Kier molecular flexibility index (Phi) is 5.10. The number of hydrogen-bond donors (Lipinski definition) is 2. The molecule has 1 saturated heterocycles. The molecule has 0 saturated carbocycles. The monoisotopic (exact) mass is 293 g/mol. The number of benzene rings is 1. The van der Waals surface area contributed by atoms with Gasteiger partial charge in [0.2, 0.25) is 0 Å². The Bertz CT molecular complexity index is 527. The van der Waals surface area contributed by atoms with E-state index in [1.165, 1.54) is 12.1 Å². The van der Waals surface area contributed by atoms with E-state index >= 15 is 0 Å². The molecule has 0 radical (unpaired) electrons. The smallest absolute Gasteiger partial charge is 0.293 e. The van der Waals surface area contributed by atoms with Crippen LogP contribution in [0.1, 0.15) is 29.6 Å². The van der Waals surface area contributed by atoms with Crippen molar-refractivity contribution >= 4 is 17.3 Å². The Balaban J connectivity index is 2.01. The summed E-state index contributed by atoms with van der Waals surface area (Å²) in [6, 6.07) is 4.38. The molecule has 1 aromatic rings. The fraction of sp³-hybridized carbons (Fsp3) is 0.500. The number of amides is 1. The zero-order chi connectivity index (χ0) is 15.2. The molecule has 2 rings (SSSR count). The molecule has 1 aromatic carbocycles. The quantitative estimate of drug-likeness (QED) is 0.639. The van der Waals surface area contributed by atoms with E-state index in [4.69, 9.17) is 4.74 Å². The van der Waals surface area contributed by atoms with Crippen LogP contribution < -0.4 is 10.6 Å². The van der Waals surface area contributed by atoms with E-state index in [-0.39, 0.29) is 23.3 Å². The second-order valence-electron chi connectivity index (χ2n) is 4.94. The molecule has 0 bridgehead atoms. The summed E-state index contributed by atoms with van der Waals surface area (Å²) in [4.78, 5) is 22.5. The van der Waals surface area contributed by atoms with Gasteiger partial charge in [0.05, 0.1) is 11.0 Å². The van der Waals surface area contributed by atoms with Gasteiger partial charge in [0.25, 0.3) is 11.6 Å². The minimum atomic E-state index is -0.507. The molecular formula is C14H19N3O4. The zero-order valence-corrected chi connectivity index (χ0v) is 11.9. The highest BCUT2D eigenvalue weighted by molar-refractivity contribution is 5.95. The summed E-state index contributed by atoms with van der Waals surface area (Å²) in [5, 5.41) is 16.5. The minimum Gasteiger partial charge on any atom is -0.383 e. The maximum Gasteiger partial charge on any atom is 0.293 e. The van der Waals surface area contributed by atoms with Crippen LogP contribution in [0.3, 0.4) is 0 Å². The van der Waals surface area contributed by atoms with Gasteiger partial charge in [-0.1, -0.05) is 0 Å². The molecule has 0 aromatic heterocycles. The largest absolute Gasteiger partial charge is 0.383 e. The van der Waals surface area contributed by atoms with Crippen molar-refractivity contribution in [2.75, 3.05) is 25.5 Å². The third-order valence-corrected chi connectivity index (χ3v) is 3.49. The van der Waals surface area contributed by atoms with Gasteiger partial charge in [0.1, 0.15) is 5.69 Å². The number of anilines is 1. The summed E-state index contributed by atoms with van der Waals surface area (Å²) >= 11 is 0. The van der Waals surface area contributed by atoms with Crippen molar-refractivity contribution < 1.29 is 14.5 Å². The van der Waals surface area contributed by atoms with Gasteiger partial charge in [-0.05, 0) is 31.4 Å². The lowest BCUT2D eigenvalue weighted by Crippen LogP contribution is -2.35. The maximum absolute atomic E-state index is 12.1. The highest BCUT2D eigenvalue weighted by Gasteiger charge is 2.18. The first-order valence-corrected chi connectivity index (χ1v) is 6.98. The highest BCUT2D eigenvalue weighted by Crippen LogP contribution is 2.25. The Hall–Kier alpha value is -2.15. The third kappa shape index (κ3) is 3.91. The fourth-order valence-corrected chi connectivity index (χ4v) is 2.31. The number of carbonyl (C=O) groups excluding carboxylic acids is 1. The van der Waals surface area contributed by atoms with Gasteiger partial charge >= 0.3 is 0 Å². The molecule has 1 atom stereocenters. The van der Waals surface area contributed by atoms with Gasteiger partial charge in [0.15, 0.2) is 0 Å². The number of ether oxygens (including phenoxy) is 1.